The van der Waals surface area contributed by atoms with Gasteiger partial charge < -0.3 is 5.11 Å². The molecule has 1 aromatic carbocycles. The second kappa shape index (κ2) is 4.48. The van der Waals surface area contributed by atoms with E-state index in [9.17, 15) is 5.11 Å². The Kier molecular flexibility index (Phi) is 2.96. The van der Waals surface area contributed by atoms with Crippen LogP contribution < -0.4 is 0 Å². The van der Waals surface area contributed by atoms with Crippen LogP contribution in [-0.2, 0) is 12.0 Å². The third-order valence-corrected chi connectivity index (χ3v) is 4.71. The highest BCUT2D eigenvalue weighted by Gasteiger charge is 2.36. The summed E-state index contributed by atoms with van der Waals surface area (Å²) in [7, 11) is 0. The molecule has 1 N–H and O–H groups in total. The summed E-state index contributed by atoms with van der Waals surface area (Å²) < 4.78 is 0. The molecule has 3 rings (SSSR count). The standard InChI is InChI=1S/C15H17NOS/c1-11-6-7-15(17,8-12-9-16-10-18-12)14-5-3-2-4-13(11)14/h2-5,9-11,17H,6-8H2,1H3. The first-order valence-corrected chi connectivity index (χ1v) is 7.26. The van der Waals surface area contributed by atoms with E-state index in [-0.39, 0.29) is 0 Å². The molecule has 2 nitrogen and oxygen atoms in total. The number of hydrogen-bond donors (Lipinski definition) is 1. The van der Waals surface area contributed by atoms with Gasteiger partial charge in [-0.25, -0.2) is 0 Å². The maximum Gasteiger partial charge on any atom is 0.0948 e. The Hall–Kier alpha value is -1.19. The summed E-state index contributed by atoms with van der Waals surface area (Å²) in [6.07, 6.45) is 4.43. The van der Waals surface area contributed by atoms with Crippen molar-refractivity contribution in [2.75, 3.05) is 0 Å². The average Bonchev–Trinajstić information content (AvgIpc) is 2.87. The fraction of sp³-hybridized carbons (Fsp3) is 0.400. The van der Waals surface area contributed by atoms with Crippen molar-refractivity contribution in [3.63, 3.8) is 0 Å². The van der Waals surface area contributed by atoms with Crippen molar-refractivity contribution >= 4 is 11.3 Å². The van der Waals surface area contributed by atoms with Crippen LogP contribution in [0.25, 0.3) is 0 Å². The van der Waals surface area contributed by atoms with Gasteiger partial charge in [0.15, 0.2) is 0 Å². The van der Waals surface area contributed by atoms with Gasteiger partial charge in [-0.05, 0) is 29.9 Å². The first-order valence-electron chi connectivity index (χ1n) is 6.38. The Morgan fingerprint density at radius 1 is 1.44 bits per heavy atom. The van der Waals surface area contributed by atoms with E-state index in [0.29, 0.717) is 12.3 Å². The van der Waals surface area contributed by atoms with Crippen LogP contribution in [0.15, 0.2) is 36.0 Å². The van der Waals surface area contributed by atoms with Gasteiger partial charge in [0.2, 0.25) is 0 Å². The van der Waals surface area contributed by atoms with E-state index in [0.717, 1.165) is 23.3 Å². The SMILES string of the molecule is CC1CCC(O)(Cc2cncs2)c2ccccc21. The van der Waals surface area contributed by atoms with Gasteiger partial charge in [0.05, 0.1) is 11.1 Å². The number of hydrogen-bond acceptors (Lipinski definition) is 3. The molecule has 2 atom stereocenters. The molecule has 18 heavy (non-hydrogen) atoms. The monoisotopic (exact) mass is 259 g/mol. The second-order valence-electron chi connectivity index (χ2n) is 5.20. The number of rotatable bonds is 2. The molecule has 94 valence electrons. The Morgan fingerprint density at radius 2 is 2.28 bits per heavy atom. The van der Waals surface area contributed by atoms with Crippen LogP contribution in [-0.4, -0.2) is 10.1 Å². The van der Waals surface area contributed by atoms with E-state index in [4.69, 9.17) is 0 Å². The molecule has 0 spiro atoms. The van der Waals surface area contributed by atoms with E-state index in [1.165, 1.54) is 5.56 Å². The predicted molar refractivity (Wildman–Crippen MR) is 73.8 cm³/mol. The summed E-state index contributed by atoms with van der Waals surface area (Å²) in [5.41, 5.74) is 3.53. The lowest BCUT2D eigenvalue weighted by Gasteiger charge is -2.37. The molecule has 3 heteroatoms. The quantitative estimate of drug-likeness (QED) is 0.895. The minimum atomic E-state index is -0.713. The molecule has 0 amide bonds. The Labute approximate surface area is 111 Å². The van der Waals surface area contributed by atoms with Crippen molar-refractivity contribution in [3.8, 4) is 0 Å². The molecule has 1 heterocycles. The molecule has 0 aliphatic heterocycles. The van der Waals surface area contributed by atoms with Gasteiger partial charge >= 0.3 is 0 Å². The van der Waals surface area contributed by atoms with Gasteiger partial charge in [-0.15, -0.1) is 11.3 Å². The van der Waals surface area contributed by atoms with Crippen molar-refractivity contribution in [2.45, 2.75) is 37.7 Å². The lowest BCUT2D eigenvalue weighted by atomic mass is 9.73. The summed E-state index contributed by atoms with van der Waals surface area (Å²) in [5.74, 6) is 0.544. The van der Waals surface area contributed by atoms with Crippen LogP contribution in [0, 0.1) is 0 Å². The maximum absolute atomic E-state index is 11.0. The Bertz CT molecular complexity index is 537. The first-order chi connectivity index (χ1) is 8.69. The van der Waals surface area contributed by atoms with Gasteiger partial charge in [-0.1, -0.05) is 31.2 Å². The smallest absolute Gasteiger partial charge is 0.0948 e. The molecule has 1 aliphatic rings. The predicted octanol–water partition coefficient (Wildman–Crippen LogP) is 3.47. The third kappa shape index (κ3) is 1.98. The fourth-order valence-corrected chi connectivity index (χ4v) is 3.60. The van der Waals surface area contributed by atoms with E-state index >= 15 is 0 Å². The van der Waals surface area contributed by atoms with E-state index < -0.39 is 5.60 Å². The molecule has 0 radical (unpaired) electrons. The highest BCUT2D eigenvalue weighted by molar-refractivity contribution is 7.09. The van der Waals surface area contributed by atoms with Crippen molar-refractivity contribution in [1.29, 1.82) is 0 Å². The van der Waals surface area contributed by atoms with Gasteiger partial charge in [0, 0.05) is 17.5 Å². The molecule has 2 aromatic rings. The normalized spacial score (nSPS) is 26.9. The minimum absolute atomic E-state index is 0.544. The lowest BCUT2D eigenvalue weighted by molar-refractivity contribution is 0.0166. The van der Waals surface area contributed by atoms with Gasteiger partial charge in [0.25, 0.3) is 0 Å². The van der Waals surface area contributed by atoms with E-state index in [1.54, 1.807) is 11.3 Å². The molecule has 2 unspecified atom stereocenters. The number of aromatic nitrogens is 1. The summed E-state index contributed by atoms with van der Waals surface area (Å²) in [5, 5.41) is 11.0. The summed E-state index contributed by atoms with van der Waals surface area (Å²) in [4.78, 5) is 5.25. The number of nitrogens with zero attached hydrogens (tertiary/aromatic N) is 1. The van der Waals surface area contributed by atoms with Crippen LogP contribution in [0.3, 0.4) is 0 Å². The Morgan fingerprint density at radius 3 is 3.06 bits per heavy atom. The molecule has 0 saturated heterocycles. The highest BCUT2D eigenvalue weighted by atomic mass is 32.1. The molecule has 0 saturated carbocycles. The second-order valence-corrected chi connectivity index (χ2v) is 6.17. The van der Waals surface area contributed by atoms with Crippen molar-refractivity contribution in [2.24, 2.45) is 0 Å². The Balaban J connectivity index is 2.00. The van der Waals surface area contributed by atoms with Crippen molar-refractivity contribution in [3.05, 3.63) is 52.0 Å². The lowest BCUT2D eigenvalue weighted by Crippen LogP contribution is -2.33. The van der Waals surface area contributed by atoms with Crippen molar-refractivity contribution in [1.82, 2.24) is 4.98 Å². The van der Waals surface area contributed by atoms with Crippen LogP contribution in [0.1, 0.15) is 41.7 Å². The maximum atomic E-state index is 11.0. The summed E-state index contributed by atoms with van der Waals surface area (Å²) in [6, 6.07) is 8.31. The molecule has 0 bridgehead atoms. The molecular formula is C15H17NOS. The zero-order valence-electron chi connectivity index (χ0n) is 10.5. The van der Waals surface area contributed by atoms with Gasteiger partial charge in [-0.3, -0.25) is 4.98 Å². The van der Waals surface area contributed by atoms with E-state index in [1.807, 2.05) is 17.8 Å². The zero-order chi connectivity index (χ0) is 12.6. The fourth-order valence-electron chi connectivity index (χ4n) is 2.90. The minimum Gasteiger partial charge on any atom is -0.385 e. The van der Waals surface area contributed by atoms with Crippen LogP contribution in [0.4, 0.5) is 0 Å². The molecule has 0 fully saturated rings. The van der Waals surface area contributed by atoms with Crippen LogP contribution >= 0.6 is 11.3 Å². The summed E-state index contributed by atoms with van der Waals surface area (Å²) >= 11 is 1.62. The van der Waals surface area contributed by atoms with Crippen molar-refractivity contribution < 1.29 is 5.11 Å². The third-order valence-electron chi connectivity index (χ3n) is 3.93. The van der Waals surface area contributed by atoms with Gasteiger partial charge in [-0.2, -0.15) is 0 Å². The largest absolute Gasteiger partial charge is 0.385 e. The summed E-state index contributed by atoms with van der Waals surface area (Å²) in [6.45, 7) is 2.24. The number of benzene rings is 1. The molecule has 1 aromatic heterocycles. The topological polar surface area (TPSA) is 33.1 Å². The highest BCUT2D eigenvalue weighted by Crippen LogP contribution is 2.43. The number of thiazole rings is 1. The zero-order valence-corrected chi connectivity index (χ0v) is 11.3. The number of aliphatic hydroxyl groups is 1. The van der Waals surface area contributed by atoms with E-state index in [2.05, 4.69) is 30.1 Å². The first kappa shape index (κ1) is 11.9. The van der Waals surface area contributed by atoms with Gasteiger partial charge in [0.1, 0.15) is 0 Å². The molecule has 1 aliphatic carbocycles. The van der Waals surface area contributed by atoms with Crippen LogP contribution in [0.2, 0.25) is 0 Å². The molecular weight excluding hydrogens is 242 g/mol. The van der Waals surface area contributed by atoms with Crippen LogP contribution in [0.5, 0.6) is 0 Å². The number of fused-ring (bicyclic) bond motifs is 1. The average molecular weight is 259 g/mol.